The fourth-order valence-electron chi connectivity index (χ4n) is 4.74. The molecule has 0 fully saturated rings. The Morgan fingerprint density at radius 3 is 2.06 bits per heavy atom. The van der Waals surface area contributed by atoms with Crippen LogP contribution in [0.15, 0.2) is 72.8 Å². The van der Waals surface area contributed by atoms with E-state index in [4.69, 9.17) is 9.47 Å². The largest absolute Gasteiger partial charge is 0.497 e. The van der Waals surface area contributed by atoms with E-state index in [1.165, 1.54) is 17.5 Å². The Labute approximate surface area is 208 Å². The Balaban J connectivity index is 1.71. The zero-order valence-corrected chi connectivity index (χ0v) is 21.2. The number of hydrogen-bond donors (Lipinski definition) is 1. The van der Waals surface area contributed by atoms with Crippen LogP contribution in [-0.2, 0) is 10.8 Å². The van der Waals surface area contributed by atoms with Crippen molar-refractivity contribution in [1.82, 2.24) is 0 Å². The molecule has 0 spiro atoms. The predicted molar refractivity (Wildman–Crippen MR) is 141 cm³/mol. The zero-order valence-electron chi connectivity index (χ0n) is 21.2. The first kappa shape index (κ1) is 24.6. The topological polar surface area (TPSA) is 55.8 Å². The van der Waals surface area contributed by atoms with Crippen molar-refractivity contribution in [3.8, 4) is 11.5 Å². The molecule has 1 aliphatic rings. The average molecular weight is 471 g/mol. The first-order chi connectivity index (χ1) is 16.6. The van der Waals surface area contributed by atoms with E-state index in [9.17, 15) is 9.90 Å². The summed E-state index contributed by atoms with van der Waals surface area (Å²) >= 11 is 0. The molecule has 0 amide bonds. The van der Waals surface area contributed by atoms with E-state index in [1.54, 1.807) is 19.2 Å². The third-order valence-electron chi connectivity index (χ3n) is 7.15. The summed E-state index contributed by atoms with van der Waals surface area (Å²) in [5.41, 5.74) is 5.32. The molecule has 0 bridgehead atoms. The zero-order chi connectivity index (χ0) is 25.2. The number of ether oxygens (including phenoxy) is 2. The molecule has 0 saturated heterocycles. The Hall–Kier alpha value is -3.53. The Bertz CT molecular complexity index is 1220. The van der Waals surface area contributed by atoms with Crippen LogP contribution in [0.2, 0.25) is 0 Å². The molecule has 0 radical (unpaired) electrons. The lowest BCUT2D eigenvalue weighted by molar-refractivity contribution is 0.0697. The molecule has 182 valence electrons. The van der Waals surface area contributed by atoms with Gasteiger partial charge in [0.25, 0.3) is 0 Å². The molecule has 0 heterocycles. The summed E-state index contributed by atoms with van der Waals surface area (Å²) in [7, 11) is 1.65. The molecule has 1 N–H and O–H groups in total. The monoisotopic (exact) mass is 470 g/mol. The molecule has 4 rings (SSSR count). The Morgan fingerprint density at radius 2 is 1.46 bits per heavy atom. The van der Waals surface area contributed by atoms with Crippen molar-refractivity contribution in [3.05, 3.63) is 101 Å². The van der Waals surface area contributed by atoms with Crippen LogP contribution in [0, 0.1) is 0 Å². The summed E-state index contributed by atoms with van der Waals surface area (Å²) in [5, 5.41) is 9.17. The molecule has 1 atom stereocenters. The van der Waals surface area contributed by atoms with Crippen molar-refractivity contribution in [2.75, 3.05) is 7.11 Å². The highest BCUT2D eigenvalue weighted by Gasteiger charge is 2.37. The van der Waals surface area contributed by atoms with Gasteiger partial charge in [-0.05, 0) is 88.4 Å². The van der Waals surface area contributed by atoms with E-state index < -0.39 is 5.97 Å². The molecule has 4 heteroatoms. The van der Waals surface area contributed by atoms with Gasteiger partial charge in [-0.3, -0.25) is 0 Å². The minimum absolute atomic E-state index is 0.0991. The molecule has 3 aromatic carbocycles. The maximum absolute atomic E-state index is 11.2. The SMILES string of the molecule is COc1ccc(O[C@H](C=Cc2ccc(C(=O)O)cc2)c2ccc3c(c2)C(C)(C)CCC3(C)C)cc1. The summed E-state index contributed by atoms with van der Waals surface area (Å²) in [5.74, 6) is 0.598. The molecule has 0 aromatic heterocycles. The van der Waals surface area contributed by atoms with Crippen molar-refractivity contribution in [3.63, 3.8) is 0 Å². The van der Waals surface area contributed by atoms with E-state index in [0.29, 0.717) is 0 Å². The van der Waals surface area contributed by atoms with Crippen LogP contribution >= 0.6 is 0 Å². The number of methoxy groups -OCH3 is 1. The van der Waals surface area contributed by atoms with E-state index in [-0.39, 0.29) is 22.5 Å². The van der Waals surface area contributed by atoms with Crippen molar-refractivity contribution in [2.45, 2.75) is 57.5 Å². The predicted octanol–water partition coefficient (Wildman–Crippen LogP) is 7.58. The lowest BCUT2D eigenvalue weighted by atomic mass is 9.63. The summed E-state index contributed by atoms with van der Waals surface area (Å²) in [4.78, 5) is 11.2. The van der Waals surface area contributed by atoms with Crippen molar-refractivity contribution < 1.29 is 19.4 Å². The molecular formula is C31H34O4. The normalized spacial score (nSPS) is 16.9. The van der Waals surface area contributed by atoms with Gasteiger partial charge < -0.3 is 14.6 Å². The van der Waals surface area contributed by atoms with Gasteiger partial charge in [-0.15, -0.1) is 0 Å². The number of carbonyl (C=O) groups is 1. The molecule has 0 unspecified atom stereocenters. The number of hydrogen-bond acceptors (Lipinski definition) is 3. The van der Waals surface area contributed by atoms with Gasteiger partial charge >= 0.3 is 5.97 Å². The summed E-state index contributed by atoms with van der Waals surface area (Å²) in [6, 6.07) is 21.2. The highest BCUT2D eigenvalue weighted by molar-refractivity contribution is 5.87. The maximum Gasteiger partial charge on any atom is 0.335 e. The summed E-state index contributed by atoms with van der Waals surface area (Å²) in [6.07, 6.45) is 6.02. The number of aromatic carboxylic acids is 1. The second kappa shape index (κ2) is 9.61. The summed E-state index contributed by atoms with van der Waals surface area (Å²) in [6.45, 7) is 9.30. The molecule has 35 heavy (non-hydrogen) atoms. The minimum atomic E-state index is -0.930. The van der Waals surface area contributed by atoms with Crippen LogP contribution in [0.4, 0.5) is 0 Å². The lowest BCUT2D eigenvalue weighted by Crippen LogP contribution is -2.34. The number of carboxylic acids is 1. The van der Waals surface area contributed by atoms with Gasteiger partial charge in [0.1, 0.15) is 17.6 Å². The third-order valence-corrected chi connectivity index (χ3v) is 7.15. The number of fused-ring (bicyclic) bond motifs is 1. The molecule has 0 aliphatic heterocycles. The standard InChI is InChI=1S/C31H34O4/c1-30(2)18-19-31(3,4)27-20-23(11-16-26(27)30)28(35-25-14-12-24(34-5)13-15-25)17-8-21-6-9-22(10-7-21)29(32)33/h6-17,20,28H,18-19H2,1-5H3,(H,32,33)/t28-/m1/s1. The third kappa shape index (κ3) is 5.43. The second-order valence-electron chi connectivity index (χ2n) is 10.6. The van der Waals surface area contributed by atoms with E-state index >= 15 is 0 Å². The minimum Gasteiger partial charge on any atom is -0.497 e. The summed E-state index contributed by atoms with van der Waals surface area (Å²) < 4.78 is 11.7. The van der Waals surface area contributed by atoms with Gasteiger partial charge in [0.05, 0.1) is 12.7 Å². The molecule has 3 aromatic rings. The van der Waals surface area contributed by atoms with Gasteiger partial charge in [0.15, 0.2) is 0 Å². The van der Waals surface area contributed by atoms with E-state index in [1.807, 2.05) is 48.6 Å². The number of carboxylic acid groups (broad SMARTS) is 1. The van der Waals surface area contributed by atoms with Gasteiger partial charge in [0, 0.05) is 0 Å². The van der Waals surface area contributed by atoms with E-state index in [2.05, 4.69) is 45.9 Å². The van der Waals surface area contributed by atoms with Crippen LogP contribution < -0.4 is 9.47 Å². The first-order valence-corrected chi connectivity index (χ1v) is 12.1. The van der Waals surface area contributed by atoms with Crippen LogP contribution in [0.1, 0.15) is 79.3 Å². The van der Waals surface area contributed by atoms with Crippen molar-refractivity contribution >= 4 is 12.0 Å². The van der Waals surface area contributed by atoms with Crippen LogP contribution in [-0.4, -0.2) is 18.2 Å². The molecule has 0 saturated carbocycles. The average Bonchev–Trinajstić information content (AvgIpc) is 2.85. The second-order valence-corrected chi connectivity index (χ2v) is 10.6. The number of benzene rings is 3. The van der Waals surface area contributed by atoms with E-state index in [0.717, 1.165) is 29.0 Å². The first-order valence-electron chi connectivity index (χ1n) is 12.1. The quantitative estimate of drug-likeness (QED) is 0.387. The van der Waals surface area contributed by atoms with Gasteiger partial charge in [-0.25, -0.2) is 4.79 Å². The van der Waals surface area contributed by atoms with Crippen molar-refractivity contribution in [2.24, 2.45) is 0 Å². The molecule has 1 aliphatic carbocycles. The van der Waals surface area contributed by atoms with Gasteiger partial charge in [-0.1, -0.05) is 64.1 Å². The highest BCUT2D eigenvalue weighted by Crippen LogP contribution is 2.46. The molecular weight excluding hydrogens is 436 g/mol. The number of rotatable bonds is 7. The van der Waals surface area contributed by atoms with Gasteiger partial charge in [0.2, 0.25) is 0 Å². The smallest absolute Gasteiger partial charge is 0.335 e. The fraction of sp³-hybridized carbons (Fsp3) is 0.323. The Kier molecular flexibility index (Phi) is 6.75. The van der Waals surface area contributed by atoms with Crippen LogP contribution in [0.5, 0.6) is 11.5 Å². The maximum atomic E-state index is 11.2. The van der Waals surface area contributed by atoms with Gasteiger partial charge in [-0.2, -0.15) is 0 Å². The van der Waals surface area contributed by atoms with Crippen molar-refractivity contribution in [1.29, 1.82) is 0 Å². The Morgan fingerprint density at radius 1 is 0.857 bits per heavy atom. The fourth-order valence-corrected chi connectivity index (χ4v) is 4.74. The molecule has 4 nitrogen and oxygen atoms in total. The lowest BCUT2D eigenvalue weighted by Gasteiger charge is -2.42. The van der Waals surface area contributed by atoms with Crippen LogP contribution in [0.25, 0.3) is 6.08 Å². The highest BCUT2D eigenvalue weighted by atomic mass is 16.5. The van der Waals surface area contributed by atoms with Crippen LogP contribution in [0.3, 0.4) is 0 Å².